The van der Waals surface area contributed by atoms with Crippen molar-refractivity contribution < 1.29 is 9.21 Å². The summed E-state index contributed by atoms with van der Waals surface area (Å²) in [5, 5.41) is 4.07. The van der Waals surface area contributed by atoms with Crippen LogP contribution in [0.15, 0.2) is 57.7 Å². The maximum absolute atomic E-state index is 12.5. The standard InChI is InChI=1S/C18H12ClNO3/c19-13-7-3-1-5-10(13)12-9-15(21)20-17-11-6-2-4-8-14(11)23-18(22)16(12)17/h1-8,12H,9H2,(H,20,21). The van der Waals surface area contributed by atoms with Crippen LogP contribution < -0.4 is 10.9 Å². The van der Waals surface area contributed by atoms with Gasteiger partial charge in [0.15, 0.2) is 0 Å². The Morgan fingerprint density at radius 1 is 1.04 bits per heavy atom. The highest BCUT2D eigenvalue weighted by molar-refractivity contribution is 6.31. The van der Waals surface area contributed by atoms with Crippen molar-refractivity contribution in [2.75, 3.05) is 5.32 Å². The molecule has 1 atom stereocenters. The molecule has 1 amide bonds. The van der Waals surface area contributed by atoms with E-state index in [0.29, 0.717) is 27.2 Å². The molecular weight excluding hydrogens is 314 g/mol. The predicted molar refractivity (Wildman–Crippen MR) is 89.0 cm³/mol. The molecule has 0 saturated carbocycles. The second-order valence-electron chi connectivity index (χ2n) is 5.50. The third kappa shape index (κ3) is 2.23. The Morgan fingerprint density at radius 2 is 1.78 bits per heavy atom. The minimum Gasteiger partial charge on any atom is -0.422 e. The molecule has 1 aromatic heterocycles. The Hall–Kier alpha value is -2.59. The number of halogens is 1. The average molecular weight is 326 g/mol. The zero-order valence-corrected chi connectivity index (χ0v) is 12.8. The SMILES string of the molecule is O=C1CC(c2ccccc2Cl)c2c(c3ccccc3oc2=O)N1. The second-order valence-corrected chi connectivity index (χ2v) is 5.91. The van der Waals surface area contributed by atoms with Gasteiger partial charge in [-0.05, 0) is 23.8 Å². The molecule has 1 unspecified atom stereocenters. The fourth-order valence-corrected chi connectivity index (χ4v) is 3.38. The van der Waals surface area contributed by atoms with Crippen molar-refractivity contribution in [3.05, 3.63) is 75.1 Å². The predicted octanol–water partition coefficient (Wildman–Crippen LogP) is 3.92. The van der Waals surface area contributed by atoms with Crippen molar-refractivity contribution in [3.8, 4) is 0 Å². The molecule has 0 bridgehead atoms. The molecule has 1 N–H and O–H groups in total. The van der Waals surface area contributed by atoms with Crippen molar-refractivity contribution in [2.45, 2.75) is 12.3 Å². The lowest BCUT2D eigenvalue weighted by Gasteiger charge is -2.26. The van der Waals surface area contributed by atoms with Crippen LogP contribution in [-0.2, 0) is 4.79 Å². The summed E-state index contributed by atoms with van der Waals surface area (Å²) in [5.41, 5.74) is 1.75. The number of para-hydroxylation sites is 1. The van der Waals surface area contributed by atoms with Gasteiger partial charge < -0.3 is 9.73 Å². The Labute approximate surface area is 136 Å². The topological polar surface area (TPSA) is 59.3 Å². The van der Waals surface area contributed by atoms with E-state index < -0.39 is 11.5 Å². The third-order valence-electron chi connectivity index (χ3n) is 4.13. The number of carbonyl (C=O) groups is 1. The van der Waals surface area contributed by atoms with Gasteiger partial charge in [-0.1, -0.05) is 41.9 Å². The fraction of sp³-hybridized carbons (Fsp3) is 0.111. The van der Waals surface area contributed by atoms with Gasteiger partial charge in [0.05, 0.1) is 11.3 Å². The van der Waals surface area contributed by atoms with E-state index >= 15 is 0 Å². The molecule has 1 aliphatic rings. The molecule has 0 aliphatic carbocycles. The summed E-state index contributed by atoms with van der Waals surface area (Å²) in [5.74, 6) is -0.550. The van der Waals surface area contributed by atoms with E-state index in [1.165, 1.54) is 0 Å². The van der Waals surface area contributed by atoms with Crippen molar-refractivity contribution in [1.29, 1.82) is 0 Å². The minimum absolute atomic E-state index is 0.141. The summed E-state index contributed by atoms with van der Waals surface area (Å²) >= 11 is 6.28. The highest BCUT2D eigenvalue weighted by Gasteiger charge is 2.32. The van der Waals surface area contributed by atoms with E-state index in [1.807, 2.05) is 30.3 Å². The van der Waals surface area contributed by atoms with Crippen LogP contribution >= 0.6 is 11.6 Å². The molecule has 0 fully saturated rings. The zero-order chi connectivity index (χ0) is 16.0. The normalized spacial score (nSPS) is 16.9. The van der Waals surface area contributed by atoms with Crippen molar-refractivity contribution >= 4 is 34.2 Å². The number of hydrogen-bond donors (Lipinski definition) is 1. The van der Waals surface area contributed by atoms with Crippen LogP contribution in [0.5, 0.6) is 0 Å². The van der Waals surface area contributed by atoms with Crippen LogP contribution in [0.4, 0.5) is 5.69 Å². The van der Waals surface area contributed by atoms with Gasteiger partial charge >= 0.3 is 5.63 Å². The zero-order valence-electron chi connectivity index (χ0n) is 12.0. The van der Waals surface area contributed by atoms with Crippen LogP contribution in [0.2, 0.25) is 5.02 Å². The Balaban J connectivity index is 2.05. The number of benzene rings is 2. The summed E-state index contributed by atoms with van der Waals surface area (Å²) in [7, 11) is 0. The van der Waals surface area contributed by atoms with Gasteiger partial charge in [0.2, 0.25) is 5.91 Å². The first kappa shape index (κ1) is 14.0. The molecule has 3 aromatic rings. The van der Waals surface area contributed by atoms with Crippen molar-refractivity contribution in [1.82, 2.24) is 0 Å². The highest BCUT2D eigenvalue weighted by Crippen LogP contribution is 2.40. The summed E-state index contributed by atoms with van der Waals surface area (Å²) in [4.78, 5) is 24.7. The summed E-state index contributed by atoms with van der Waals surface area (Å²) in [6.45, 7) is 0. The molecule has 0 saturated heterocycles. The van der Waals surface area contributed by atoms with Crippen LogP contribution in [-0.4, -0.2) is 5.91 Å². The molecule has 5 heteroatoms. The Morgan fingerprint density at radius 3 is 2.61 bits per heavy atom. The largest absolute Gasteiger partial charge is 0.422 e. The van der Waals surface area contributed by atoms with E-state index in [4.69, 9.17) is 16.0 Å². The summed E-state index contributed by atoms with van der Waals surface area (Å²) in [6.07, 6.45) is 0.167. The van der Waals surface area contributed by atoms with Gasteiger partial charge in [-0.3, -0.25) is 4.79 Å². The number of rotatable bonds is 1. The van der Waals surface area contributed by atoms with Gasteiger partial charge in [-0.15, -0.1) is 0 Å². The number of amides is 1. The number of carbonyl (C=O) groups excluding carboxylic acids is 1. The van der Waals surface area contributed by atoms with Gasteiger partial charge in [0.25, 0.3) is 0 Å². The van der Waals surface area contributed by atoms with Gasteiger partial charge in [0.1, 0.15) is 5.58 Å². The average Bonchev–Trinajstić information content (AvgIpc) is 2.54. The molecule has 2 aromatic carbocycles. The molecule has 1 aliphatic heterocycles. The van der Waals surface area contributed by atoms with Gasteiger partial charge in [-0.25, -0.2) is 4.79 Å². The molecule has 4 rings (SSSR count). The van der Waals surface area contributed by atoms with Crippen molar-refractivity contribution in [3.63, 3.8) is 0 Å². The van der Waals surface area contributed by atoms with Gasteiger partial charge in [0, 0.05) is 22.7 Å². The van der Waals surface area contributed by atoms with Crippen molar-refractivity contribution in [2.24, 2.45) is 0 Å². The van der Waals surface area contributed by atoms with Gasteiger partial charge in [-0.2, -0.15) is 0 Å². The maximum atomic E-state index is 12.5. The number of fused-ring (bicyclic) bond motifs is 3. The highest BCUT2D eigenvalue weighted by atomic mass is 35.5. The molecule has 4 nitrogen and oxygen atoms in total. The Kier molecular flexibility index (Phi) is 3.20. The first-order valence-corrected chi connectivity index (χ1v) is 7.63. The van der Waals surface area contributed by atoms with Crippen LogP contribution in [0.3, 0.4) is 0 Å². The summed E-state index contributed by atoms with van der Waals surface area (Å²) < 4.78 is 5.44. The second kappa shape index (κ2) is 5.25. The fourth-order valence-electron chi connectivity index (χ4n) is 3.12. The molecule has 114 valence electrons. The van der Waals surface area contributed by atoms with Crippen LogP contribution in [0.25, 0.3) is 11.0 Å². The Bertz CT molecular complexity index is 993. The molecule has 0 spiro atoms. The van der Waals surface area contributed by atoms with E-state index in [9.17, 15) is 9.59 Å². The smallest absolute Gasteiger partial charge is 0.342 e. The van der Waals surface area contributed by atoms with E-state index in [0.717, 1.165) is 5.56 Å². The van der Waals surface area contributed by atoms with Crippen LogP contribution in [0, 0.1) is 0 Å². The van der Waals surface area contributed by atoms with E-state index in [1.54, 1.807) is 18.2 Å². The lowest BCUT2D eigenvalue weighted by atomic mass is 9.85. The van der Waals surface area contributed by atoms with Crippen LogP contribution in [0.1, 0.15) is 23.5 Å². The number of anilines is 1. The maximum Gasteiger partial charge on any atom is 0.342 e. The van der Waals surface area contributed by atoms with E-state index in [-0.39, 0.29) is 12.3 Å². The third-order valence-corrected chi connectivity index (χ3v) is 4.48. The lowest BCUT2D eigenvalue weighted by Crippen LogP contribution is -2.28. The molecule has 0 radical (unpaired) electrons. The lowest BCUT2D eigenvalue weighted by molar-refractivity contribution is -0.116. The number of hydrogen-bond acceptors (Lipinski definition) is 3. The summed E-state index contributed by atoms with van der Waals surface area (Å²) in [6, 6.07) is 14.4. The molecular formula is C18H12ClNO3. The minimum atomic E-state index is -0.441. The number of nitrogens with one attached hydrogen (secondary N) is 1. The first-order chi connectivity index (χ1) is 11.1. The molecule has 2 heterocycles. The van der Waals surface area contributed by atoms with E-state index in [2.05, 4.69) is 5.32 Å². The first-order valence-electron chi connectivity index (χ1n) is 7.25. The monoisotopic (exact) mass is 325 g/mol. The quantitative estimate of drug-likeness (QED) is 0.690. The molecule has 23 heavy (non-hydrogen) atoms.